The van der Waals surface area contributed by atoms with Crippen LogP contribution in [0.4, 0.5) is 11.4 Å². The Kier molecular flexibility index (Phi) is 7.64. The Morgan fingerprint density at radius 1 is 1.00 bits per heavy atom. The number of esters is 2. The molecule has 0 aliphatic rings. The molecule has 1 N–H and O–H groups in total. The first-order chi connectivity index (χ1) is 14.5. The maximum atomic E-state index is 12.6. The fourth-order valence-electron chi connectivity index (χ4n) is 2.64. The number of benzene rings is 2. The Morgan fingerprint density at radius 2 is 1.55 bits per heavy atom. The van der Waals surface area contributed by atoms with Gasteiger partial charge in [0.05, 0.1) is 37.3 Å². The lowest BCUT2D eigenvalue weighted by molar-refractivity contribution is -0.114. The Hall–Kier alpha value is -3.11. The molecule has 1 amide bonds. The van der Waals surface area contributed by atoms with Gasteiger partial charge in [0.2, 0.25) is 15.9 Å². The Labute approximate surface area is 184 Å². The number of hydrogen-bond donors (Lipinski definition) is 1. The molecule has 9 nitrogen and oxygen atoms in total. The van der Waals surface area contributed by atoms with Gasteiger partial charge < -0.3 is 14.8 Å². The van der Waals surface area contributed by atoms with Gasteiger partial charge >= 0.3 is 11.9 Å². The summed E-state index contributed by atoms with van der Waals surface area (Å²) in [5, 5.41) is 2.83. The number of carbonyl (C=O) groups is 3. The Bertz CT molecular complexity index is 1100. The number of carbonyl (C=O) groups excluding carboxylic acids is 3. The highest BCUT2D eigenvalue weighted by atomic mass is 35.5. The minimum absolute atomic E-state index is 0.00554. The van der Waals surface area contributed by atoms with Crippen molar-refractivity contribution in [2.45, 2.75) is 6.92 Å². The SMILES string of the molecule is COC(=O)c1cc(NC(=O)CN(c2ccc(C)c(Cl)c2)S(C)(=O)=O)cc(C(=O)OC)c1. The van der Waals surface area contributed by atoms with E-state index in [-0.39, 0.29) is 22.5 Å². The zero-order chi connectivity index (χ0) is 23.3. The topological polar surface area (TPSA) is 119 Å². The number of nitrogens with zero attached hydrogens (tertiary/aromatic N) is 1. The lowest BCUT2D eigenvalue weighted by Gasteiger charge is -2.22. The number of hydrogen-bond acceptors (Lipinski definition) is 7. The summed E-state index contributed by atoms with van der Waals surface area (Å²) in [6.07, 6.45) is 0.960. The predicted molar refractivity (Wildman–Crippen MR) is 116 cm³/mol. The van der Waals surface area contributed by atoms with Crippen LogP contribution in [-0.2, 0) is 24.3 Å². The van der Waals surface area contributed by atoms with Crippen molar-refractivity contribution < 1.29 is 32.3 Å². The first-order valence-electron chi connectivity index (χ1n) is 8.81. The van der Waals surface area contributed by atoms with E-state index in [9.17, 15) is 22.8 Å². The standard InChI is InChI=1S/C20H21ClN2O7S/c1-12-5-6-16(10-17(12)21)23(31(4,27)28)11-18(24)22-15-8-13(19(25)29-2)7-14(9-15)20(26)30-3/h5-10H,11H2,1-4H3,(H,22,24). The van der Waals surface area contributed by atoms with Crippen molar-refractivity contribution in [3.8, 4) is 0 Å². The van der Waals surface area contributed by atoms with E-state index < -0.39 is 34.4 Å². The van der Waals surface area contributed by atoms with E-state index in [1.165, 1.54) is 44.6 Å². The minimum atomic E-state index is -3.82. The Balaban J connectivity index is 2.35. The van der Waals surface area contributed by atoms with Gasteiger partial charge in [0, 0.05) is 10.7 Å². The molecule has 0 atom stereocenters. The molecule has 0 aromatic heterocycles. The van der Waals surface area contributed by atoms with Gasteiger partial charge in [0.1, 0.15) is 6.54 Å². The van der Waals surface area contributed by atoms with Crippen LogP contribution in [0.3, 0.4) is 0 Å². The maximum absolute atomic E-state index is 12.6. The molecule has 0 saturated heterocycles. The molecule has 11 heteroatoms. The highest BCUT2D eigenvalue weighted by Crippen LogP contribution is 2.25. The molecule has 0 fully saturated rings. The fraction of sp³-hybridized carbons (Fsp3) is 0.250. The summed E-state index contributed by atoms with van der Waals surface area (Å²) in [6.45, 7) is 1.20. The van der Waals surface area contributed by atoms with E-state index in [1.54, 1.807) is 13.0 Å². The smallest absolute Gasteiger partial charge is 0.337 e. The summed E-state index contributed by atoms with van der Waals surface area (Å²) >= 11 is 6.09. The molecular formula is C20H21ClN2O7S. The molecule has 0 aliphatic heterocycles. The van der Waals surface area contributed by atoms with Crippen LogP contribution in [0.5, 0.6) is 0 Å². The molecule has 0 aliphatic carbocycles. The van der Waals surface area contributed by atoms with Gasteiger partial charge in [-0.25, -0.2) is 18.0 Å². The molecular weight excluding hydrogens is 448 g/mol. The Morgan fingerprint density at radius 3 is 2.00 bits per heavy atom. The summed E-state index contributed by atoms with van der Waals surface area (Å²) in [5.74, 6) is -2.17. The molecule has 31 heavy (non-hydrogen) atoms. The maximum Gasteiger partial charge on any atom is 0.337 e. The summed E-state index contributed by atoms with van der Waals surface area (Å²) in [7, 11) is -1.48. The van der Waals surface area contributed by atoms with Gasteiger partial charge in [0.25, 0.3) is 0 Å². The highest BCUT2D eigenvalue weighted by Gasteiger charge is 2.22. The number of aryl methyl sites for hydroxylation is 1. The van der Waals surface area contributed by atoms with E-state index in [1.807, 2.05) is 0 Å². The molecule has 0 unspecified atom stereocenters. The third-order valence-corrected chi connectivity index (χ3v) is 5.74. The molecule has 0 saturated carbocycles. The minimum Gasteiger partial charge on any atom is -0.465 e. The third-order valence-electron chi connectivity index (χ3n) is 4.19. The average Bonchev–Trinajstić information content (AvgIpc) is 2.71. The third kappa shape index (κ3) is 6.19. The molecule has 2 aromatic rings. The van der Waals surface area contributed by atoms with Crippen LogP contribution in [0, 0.1) is 6.92 Å². The van der Waals surface area contributed by atoms with E-state index in [0.717, 1.165) is 16.1 Å². The van der Waals surface area contributed by atoms with Gasteiger partial charge in [-0.3, -0.25) is 9.10 Å². The van der Waals surface area contributed by atoms with Gasteiger partial charge in [-0.15, -0.1) is 0 Å². The lowest BCUT2D eigenvalue weighted by atomic mass is 10.1. The summed E-state index contributed by atoms with van der Waals surface area (Å²) in [5.41, 5.74) is 1.06. The lowest BCUT2D eigenvalue weighted by Crippen LogP contribution is -2.37. The summed E-state index contributed by atoms with van der Waals surface area (Å²) in [4.78, 5) is 36.4. The van der Waals surface area contributed by atoms with Crippen molar-refractivity contribution in [1.29, 1.82) is 0 Å². The molecule has 166 valence electrons. The second-order valence-corrected chi connectivity index (χ2v) is 8.85. The van der Waals surface area contributed by atoms with Crippen molar-refractivity contribution in [1.82, 2.24) is 0 Å². The van der Waals surface area contributed by atoms with Gasteiger partial charge in [-0.05, 0) is 42.8 Å². The van der Waals surface area contributed by atoms with Crippen LogP contribution in [0.1, 0.15) is 26.3 Å². The molecule has 0 spiro atoms. The molecule has 2 aromatic carbocycles. The van der Waals surface area contributed by atoms with Crippen LogP contribution < -0.4 is 9.62 Å². The number of rotatable bonds is 7. The van der Waals surface area contributed by atoms with E-state index in [4.69, 9.17) is 11.6 Å². The van der Waals surface area contributed by atoms with Gasteiger partial charge in [-0.1, -0.05) is 17.7 Å². The van der Waals surface area contributed by atoms with Crippen molar-refractivity contribution in [2.24, 2.45) is 0 Å². The van der Waals surface area contributed by atoms with E-state index in [0.29, 0.717) is 5.02 Å². The van der Waals surface area contributed by atoms with Crippen LogP contribution in [-0.4, -0.2) is 53.3 Å². The first kappa shape index (κ1) is 24.2. The highest BCUT2D eigenvalue weighted by molar-refractivity contribution is 7.92. The number of sulfonamides is 1. The van der Waals surface area contributed by atoms with E-state index >= 15 is 0 Å². The normalized spacial score (nSPS) is 10.9. The number of ether oxygens (including phenoxy) is 2. The molecule has 0 bridgehead atoms. The molecule has 0 heterocycles. The zero-order valence-corrected chi connectivity index (χ0v) is 18.8. The monoisotopic (exact) mass is 468 g/mol. The van der Waals surface area contributed by atoms with Crippen molar-refractivity contribution in [2.75, 3.05) is 36.6 Å². The number of methoxy groups -OCH3 is 2. The second kappa shape index (κ2) is 9.80. The van der Waals surface area contributed by atoms with Crippen LogP contribution in [0.25, 0.3) is 0 Å². The predicted octanol–water partition coefficient (Wildman–Crippen LogP) is 2.63. The van der Waals surface area contributed by atoms with Crippen LogP contribution in [0.15, 0.2) is 36.4 Å². The largest absolute Gasteiger partial charge is 0.465 e. The molecule has 2 rings (SSSR count). The van der Waals surface area contributed by atoms with E-state index in [2.05, 4.69) is 14.8 Å². The molecule has 0 radical (unpaired) electrons. The van der Waals surface area contributed by atoms with Crippen molar-refractivity contribution in [3.05, 3.63) is 58.1 Å². The van der Waals surface area contributed by atoms with Crippen molar-refractivity contribution >= 4 is 50.8 Å². The van der Waals surface area contributed by atoms with Crippen molar-refractivity contribution in [3.63, 3.8) is 0 Å². The van der Waals surface area contributed by atoms with Crippen LogP contribution in [0.2, 0.25) is 5.02 Å². The number of anilines is 2. The summed E-state index contributed by atoms with van der Waals surface area (Å²) in [6, 6.07) is 8.45. The zero-order valence-electron chi connectivity index (χ0n) is 17.3. The van der Waals surface area contributed by atoms with Gasteiger partial charge in [-0.2, -0.15) is 0 Å². The average molecular weight is 469 g/mol. The quantitative estimate of drug-likeness (QED) is 0.620. The number of nitrogens with one attached hydrogen (secondary N) is 1. The fourth-order valence-corrected chi connectivity index (χ4v) is 3.66. The van der Waals surface area contributed by atoms with Crippen LogP contribution >= 0.6 is 11.6 Å². The second-order valence-electron chi connectivity index (χ2n) is 6.53. The summed E-state index contributed by atoms with van der Waals surface area (Å²) < 4.78 is 34.7. The number of amides is 1. The number of halogens is 1. The first-order valence-corrected chi connectivity index (χ1v) is 11.0. The van der Waals surface area contributed by atoms with Gasteiger partial charge in [0.15, 0.2) is 0 Å².